The Balaban J connectivity index is 1.91. The molecule has 0 heterocycles. The second-order valence-electron chi connectivity index (χ2n) is 8.80. The van der Waals surface area contributed by atoms with Gasteiger partial charge in [0, 0.05) is 0 Å². The van der Waals surface area contributed by atoms with Crippen LogP contribution in [0.4, 0.5) is 0 Å². The highest BCUT2D eigenvalue weighted by Crippen LogP contribution is 2.19. The van der Waals surface area contributed by atoms with E-state index in [0.29, 0.717) is 0 Å². The van der Waals surface area contributed by atoms with Crippen molar-refractivity contribution in [2.75, 3.05) is 0 Å². The van der Waals surface area contributed by atoms with E-state index < -0.39 is 5.97 Å². The summed E-state index contributed by atoms with van der Waals surface area (Å²) in [7, 11) is 0. The topological polar surface area (TPSA) is 37.3 Å². The summed E-state index contributed by atoms with van der Waals surface area (Å²) in [5, 5.41) is 9.47. The summed E-state index contributed by atoms with van der Waals surface area (Å²) in [6.07, 6.45) is 22.5. The number of carboxylic acids is 1. The molecule has 0 bridgehead atoms. The van der Waals surface area contributed by atoms with Gasteiger partial charge in [-0.3, -0.25) is 4.79 Å². The van der Waals surface area contributed by atoms with Crippen molar-refractivity contribution in [3.05, 3.63) is 35.9 Å². The van der Waals surface area contributed by atoms with Gasteiger partial charge in [0.25, 0.3) is 0 Å². The van der Waals surface area contributed by atoms with E-state index >= 15 is 0 Å². The molecule has 1 rings (SSSR count). The summed E-state index contributed by atoms with van der Waals surface area (Å²) in [6, 6.07) is 10.4. The summed E-state index contributed by atoms with van der Waals surface area (Å²) in [4.78, 5) is 11.5. The first-order valence-electron chi connectivity index (χ1n) is 12.5. The summed E-state index contributed by atoms with van der Waals surface area (Å²) >= 11 is 0. The zero-order valence-corrected chi connectivity index (χ0v) is 19.0. The van der Waals surface area contributed by atoms with E-state index in [1.807, 2.05) is 6.07 Å². The highest BCUT2D eigenvalue weighted by molar-refractivity contribution is 5.69. The summed E-state index contributed by atoms with van der Waals surface area (Å²) < 4.78 is 0. The average molecular weight is 403 g/mol. The average Bonchev–Trinajstić information content (AvgIpc) is 2.73. The van der Waals surface area contributed by atoms with Crippen molar-refractivity contribution in [1.82, 2.24) is 0 Å². The van der Waals surface area contributed by atoms with Crippen molar-refractivity contribution in [2.45, 2.75) is 122 Å². The van der Waals surface area contributed by atoms with Crippen LogP contribution in [-0.2, 0) is 11.2 Å². The Hall–Kier alpha value is -1.31. The van der Waals surface area contributed by atoms with Crippen LogP contribution in [0.2, 0.25) is 0 Å². The minimum Gasteiger partial charge on any atom is -0.481 e. The fourth-order valence-electron chi connectivity index (χ4n) is 4.17. The van der Waals surface area contributed by atoms with Crippen LogP contribution in [0, 0.1) is 5.92 Å². The first-order chi connectivity index (χ1) is 14.2. The van der Waals surface area contributed by atoms with Crippen molar-refractivity contribution in [2.24, 2.45) is 5.92 Å². The maximum Gasteiger partial charge on any atom is 0.306 e. The smallest absolute Gasteiger partial charge is 0.306 e. The minimum absolute atomic E-state index is 0.156. The number of unbranched alkanes of at least 4 members (excludes halogenated alkanes) is 13. The normalized spacial score (nSPS) is 12.2. The number of aryl methyl sites for hydroxylation is 1. The largest absolute Gasteiger partial charge is 0.481 e. The van der Waals surface area contributed by atoms with Crippen molar-refractivity contribution in [1.29, 1.82) is 0 Å². The van der Waals surface area contributed by atoms with E-state index in [-0.39, 0.29) is 5.92 Å². The molecule has 0 aliphatic carbocycles. The van der Waals surface area contributed by atoms with Crippen LogP contribution in [0.3, 0.4) is 0 Å². The van der Waals surface area contributed by atoms with Gasteiger partial charge in [0.2, 0.25) is 0 Å². The van der Waals surface area contributed by atoms with Gasteiger partial charge in [-0.2, -0.15) is 0 Å². The van der Waals surface area contributed by atoms with Crippen molar-refractivity contribution < 1.29 is 9.90 Å². The molecule has 1 N–H and O–H groups in total. The van der Waals surface area contributed by atoms with E-state index in [1.54, 1.807) is 0 Å². The van der Waals surface area contributed by atoms with Crippen molar-refractivity contribution in [3.63, 3.8) is 0 Å². The number of benzene rings is 1. The number of hydrogen-bond donors (Lipinski definition) is 1. The third kappa shape index (κ3) is 15.2. The highest BCUT2D eigenvalue weighted by atomic mass is 16.4. The molecule has 2 nitrogen and oxygen atoms in total. The summed E-state index contributed by atoms with van der Waals surface area (Å²) in [5.74, 6) is -0.760. The molecule has 166 valence electrons. The molecule has 0 radical (unpaired) electrons. The van der Waals surface area contributed by atoms with E-state index in [1.165, 1.54) is 89.0 Å². The standard InChI is InChI=1S/C27H46O2/c1-2-3-4-5-6-7-8-9-10-11-12-13-14-18-23-26(27(28)29)24-19-22-25-20-16-15-17-21-25/h15-17,20-21,26H,2-14,18-19,22-24H2,1H3,(H,28,29). The predicted molar refractivity (Wildman–Crippen MR) is 125 cm³/mol. The lowest BCUT2D eigenvalue weighted by molar-refractivity contribution is -0.142. The number of carboxylic acid groups (broad SMARTS) is 1. The summed E-state index contributed by atoms with van der Waals surface area (Å²) in [6.45, 7) is 2.28. The van der Waals surface area contributed by atoms with Crippen LogP contribution in [0.5, 0.6) is 0 Å². The fraction of sp³-hybridized carbons (Fsp3) is 0.741. The van der Waals surface area contributed by atoms with Gasteiger partial charge in [-0.1, -0.05) is 127 Å². The van der Waals surface area contributed by atoms with E-state index in [4.69, 9.17) is 0 Å². The Labute approximate surface area is 180 Å². The van der Waals surface area contributed by atoms with Crippen LogP contribution in [0.1, 0.15) is 122 Å². The molecule has 0 aliphatic rings. The molecule has 0 saturated carbocycles. The van der Waals surface area contributed by atoms with Crippen molar-refractivity contribution >= 4 is 5.97 Å². The molecule has 29 heavy (non-hydrogen) atoms. The maximum absolute atomic E-state index is 11.5. The van der Waals surface area contributed by atoms with Crippen molar-refractivity contribution in [3.8, 4) is 0 Å². The lowest BCUT2D eigenvalue weighted by atomic mass is 9.94. The second kappa shape index (κ2) is 18.7. The first kappa shape index (κ1) is 25.7. The van der Waals surface area contributed by atoms with Gasteiger partial charge in [0.05, 0.1) is 5.92 Å². The Bertz CT molecular complexity index is 483. The molecule has 0 aliphatic heterocycles. The van der Waals surface area contributed by atoms with Gasteiger partial charge >= 0.3 is 5.97 Å². The van der Waals surface area contributed by atoms with Crippen LogP contribution in [-0.4, -0.2) is 11.1 Å². The zero-order chi connectivity index (χ0) is 21.0. The molecule has 0 spiro atoms. The molecular weight excluding hydrogens is 356 g/mol. The van der Waals surface area contributed by atoms with Gasteiger partial charge in [0.15, 0.2) is 0 Å². The lowest BCUT2D eigenvalue weighted by Gasteiger charge is -2.12. The molecule has 1 aromatic rings. The number of hydrogen-bond acceptors (Lipinski definition) is 1. The zero-order valence-electron chi connectivity index (χ0n) is 19.0. The third-order valence-corrected chi connectivity index (χ3v) is 6.12. The van der Waals surface area contributed by atoms with E-state index in [2.05, 4.69) is 31.2 Å². The van der Waals surface area contributed by atoms with Gasteiger partial charge in [-0.15, -0.1) is 0 Å². The van der Waals surface area contributed by atoms with E-state index in [9.17, 15) is 9.90 Å². The molecule has 2 heteroatoms. The monoisotopic (exact) mass is 402 g/mol. The fourth-order valence-corrected chi connectivity index (χ4v) is 4.17. The molecule has 0 fully saturated rings. The lowest BCUT2D eigenvalue weighted by Crippen LogP contribution is -2.14. The molecule has 0 saturated heterocycles. The Morgan fingerprint density at radius 2 is 1.14 bits per heavy atom. The molecule has 1 atom stereocenters. The van der Waals surface area contributed by atoms with Crippen LogP contribution in [0.15, 0.2) is 30.3 Å². The highest BCUT2D eigenvalue weighted by Gasteiger charge is 2.16. The van der Waals surface area contributed by atoms with Gasteiger partial charge in [-0.25, -0.2) is 0 Å². The first-order valence-corrected chi connectivity index (χ1v) is 12.5. The molecular formula is C27H46O2. The quantitative estimate of drug-likeness (QED) is 0.222. The van der Waals surface area contributed by atoms with Gasteiger partial charge in [0.1, 0.15) is 0 Å². The second-order valence-corrected chi connectivity index (χ2v) is 8.80. The van der Waals surface area contributed by atoms with E-state index in [0.717, 1.165) is 32.1 Å². The Kier molecular flexibility index (Phi) is 16.6. The molecule has 0 aromatic heterocycles. The van der Waals surface area contributed by atoms with Gasteiger partial charge in [-0.05, 0) is 31.2 Å². The van der Waals surface area contributed by atoms with Crippen LogP contribution >= 0.6 is 0 Å². The minimum atomic E-state index is -0.604. The number of carbonyl (C=O) groups is 1. The van der Waals surface area contributed by atoms with Gasteiger partial charge < -0.3 is 5.11 Å². The predicted octanol–water partition coefficient (Wildman–Crippen LogP) is 8.58. The number of aliphatic carboxylic acids is 1. The molecule has 1 unspecified atom stereocenters. The summed E-state index contributed by atoms with van der Waals surface area (Å²) in [5.41, 5.74) is 1.31. The third-order valence-electron chi connectivity index (χ3n) is 6.12. The Morgan fingerprint density at radius 1 is 0.690 bits per heavy atom. The maximum atomic E-state index is 11.5. The van der Waals surface area contributed by atoms with Crippen LogP contribution < -0.4 is 0 Å². The Morgan fingerprint density at radius 3 is 1.62 bits per heavy atom. The number of rotatable bonds is 20. The van der Waals surface area contributed by atoms with Crippen LogP contribution in [0.25, 0.3) is 0 Å². The molecule has 1 aromatic carbocycles. The SMILES string of the molecule is CCCCCCCCCCCCCCCCC(CCCc1ccccc1)C(=O)O. The molecule has 0 amide bonds.